The zero-order valence-electron chi connectivity index (χ0n) is 13.4. The lowest BCUT2D eigenvalue weighted by atomic mass is 9.59. The van der Waals surface area contributed by atoms with Crippen LogP contribution in [0.2, 0.25) is 0 Å². The van der Waals surface area contributed by atoms with Crippen molar-refractivity contribution in [1.82, 2.24) is 9.36 Å². The number of nitrogens with one attached hydrogen (secondary N) is 1. The zero-order chi connectivity index (χ0) is 16.6. The Balaban J connectivity index is 1.56. The third-order valence-corrected chi connectivity index (χ3v) is 5.47. The van der Waals surface area contributed by atoms with E-state index in [1.807, 2.05) is 37.3 Å². The minimum absolute atomic E-state index is 0.150. The van der Waals surface area contributed by atoms with Crippen LogP contribution in [0.25, 0.3) is 0 Å². The van der Waals surface area contributed by atoms with E-state index in [0.717, 1.165) is 10.7 Å². The van der Waals surface area contributed by atoms with Crippen molar-refractivity contribution in [3.8, 4) is 0 Å². The van der Waals surface area contributed by atoms with Crippen LogP contribution in [0.3, 0.4) is 0 Å². The number of hydrogen-bond acceptors (Lipinski definition) is 7. The minimum Gasteiger partial charge on any atom is -0.465 e. The average molecular weight is 345 g/mol. The molecular formula is C17H19N3O3S. The first-order valence-corrected chi connectivity index (χ1v) is 8.85. The summed E-state index contributed by atoms with van der Waals surface area (Å²) in [5, 5.41) is 4.04. The maximum Gasteiger partial charge on any atom is 0.315 e. The molecule has 24 heavy (non-hydrogen) atoms. The van der Waals surface area contributed by atoms with Crippen LogP contribution in [-0.4, -0.2) is 34.1 Å². The van der Waals surface area contributed by atoms with Crippen molar-refractivity contribution >= 4 is 22.6 Å². The van der Waals surface area contributed by atoms with Crippen molar-refractivity contribution in [3.05, 3.63) is 42.2 Å². The van der Waals surface area contributed by atoms with E-state index in [4.69, 9.17) is 9.47 Å². The monoisotopic (exact) mass is 345 g/mol. The summed E-state index contributed by atoms with van der Waals surface area (Å²) in [7, 11) is 0. The summed E-state index contributed by atoms with van der Waals surface area (Å²) < 4.78 is 15.7. The number of ether oxygens (including phenoxy) is 2. The van der Waals surface area contributed by atoms with Crippen molar-refractivity contribution in [3.63, 3.8) is 0 Å². The molecule has 7 heteroatoms. The van der Waals surface area contributed by atoms with Crippen molar-refractivity contribution in [2.24, 2.45) is 5.41 Å². The maximum absolute atomic E-state index is 12.6. The van der Waals surface area contributed by atoms with Gasteiger partial charge < -0.3 is 14.8 Å². The summed E-state index contributed by atoms with van der Waals surface area (Å²) in [5.74, 6) is -0.150. The average Bonchev–Trinajstić information content (AvgIpc) is 3.27. The molecule has 1 aliphatic carbocycles. The van der Waals surface area contributed by atoms with Gasteiger partial charge in [0.2, 0.25) is 5.13 Å². The van der Waals surface area contributed by atoms with Gasteiger partial charge in [-0.25, -0.2) is 4.98 Å². The molecule has 0 radical (unpaired) electrons. The largest absolute Gasteiger partial charge is 0.465 e. The van der Waals surface area contributed by atoms with Gasteiger partial charge in [0.25, 0.3) is 0 Å². The van der Waals surface area contributed by atoms with Crippen LogP contribution in [-0.2, 0) is 14.3 Å². The third-order valence-electron chi connectivity index (χ3n) is 4.85. The van der Waals surface area contributed by atoms with Gasteiger partial charge >= 0.3 is 5.97 Å². The number of anilines is 1. The second kappa shape index (κ2) is 5.82. The molecule has 6 nitrogen and oxygen atoms in total. The second-order valence-electron chi connectivity index (χ2n) is 6.42. The molecule has 0 spiro atoms. The number of carbonyl (C=O) groups excluding carboxylic acids is 1. The van der Waals surface area contributed by atoms with E-state index in [1.54, 1.807) is 0 Å². The summed E-state index contributed by atoms with van der Waals surface area (Å²) >= 11 is 1.31. The van der Waals surface area contributed by atoms with Gasteiger partial charge in [0, 0.05) is 18.1 Å². The summed E-state index contributed by atoms with van der Waals surface area (Å²) in [6.45, 7) is 2.84. The normalized spacial score (nSPS) is 30.6. The molecule has 2 aromatic rings. The Hall–Kier alpha value is -1.99. The first kappa shape index (κ1) is 15.5. The van der Waals surface area contributed by atoms with Gasteiger partial charge in [-0.05, 0) is 25.3 Å². The Morgan fingerprint density at radius 1 is 1.42 bits per heavy atom. The van der Waals surface area contributed by atoms with Gasteiger partial charge in [0.1, 0.15) is 11.7 Å². The fraction of sp³-hybridized carbons (Fsp3) is 0.471. The summed E-state index contributed by atoms with van der Waals surface area (Å²) in [5.41, 5.74) is 0.111. The van der Waals surface area contributed by atoms with Gasteiger partial charge in [-0.3, -0.25) is 4.79 Å². The molecule has 3 fully saturated rings. The van der Waals surface area contributed by atoms with Crippen LogP contribution in [0.4, 0.5) is 5.13 Å². The van der Waals surface area contributed by atoms with E-state index < -0.39 is 5.41 Å². The lowest BCUT2D eigenvalue weighted by Crippen LogP contribution is -2.53. The van der Waals surface area contributed by atoms with Gasteiger partial charge in [-0.1, -0.05) is 30.3 Å². The molecule has 0 amide bonds. The van der Waals surface area contributed by atoms with Gasteiger partial charge in [-0.2, -0.15) is 4.37 Å². The number of rotatable bonds is 6. The molecular weight excluding hydrogens is 326 g/mol. The summed E-state index contributed by atoms with van der Waals surface area (Å²) in [4.78, 5) is 16.8. The van der Waals surface area contributed by atoms with Crippen molar-refractivity contribution in [2.75, 3.05) is 18.5 Å². The number of carbonyl (C=O) groups is 1. The van der Waals surface area contributed by atoms with Crippen molar-refractivity contribution in [2.45, 2.75) is 31.5 Å². The van der Waals surface area contributed by atoms with Crippen LogP contribution >= 0.6 is 11.5 Å². The third kappa shape index (κ3) is 2.39. The second-order valence-corrected chi connectivity index (χ2v) is 7.20. The Labute approximate surface area is 144 Å². The van der Waals surface area contributed by atoms with Crippen LogP contribution < -0.4 is 5.32 Å². The molecule has 1 unspecified atom stereocenters. The molecule has 1 N–H and O–H groups in total. The van der Waals surface area contributed by atoms with Crippen LogP contribution in [0.5, 0.6) is 0 Å². The molecule has 1 aromatic carbocycles. The van der Waals surface area contributed by atoms with Crippen LogP contribution in [0.15, 0.2) is 36.7 Å². The van der Waals surface area contributed by atoms with E-state index in [9.17, 15) is 4.79 Å². The fourth-order valence-electron chi connectivity index (χ4n) is 3.93. The minimum atomic E-state index is -0.569. The molecule has 2 bridgehead atoms. The molecule has 126 valence electrons. The molecule has 3 aliphatic rings. The van der Waals surface area contributed by atoms with E-state index in [0.29, 0.717) is 26.0 Å². The quantitative estimate of drug-likeness (QED) is 0.812. The number of nitrogens with zero attached hydrogens (tertiary/aromatic N) is 2. The predicted molar refractivity (Wildman–Crippen MR) is 89.7 cm³/mol. The highest BCUT2D eigenvalue weighted by Crippen LogP contribution is 2.67. The van der Waals surface area contributed by atoms with Gasteiger partial charge in [0.15, 0.2) is 0 Å². The van der Waals surface area contributed by atoms with Crippen LogP contribution in [0, 0.1) is 5.41 Å². The Morgan fingerprint density at radius 2 is 2.21 bits per heavy atom. The highest BCUT2D eigenvalue weighted by atomic mass is 32.1. The molecule has 5 rings (SSSR count). The molecule has 2 aliphatic heterocycles. The molecule has 1 aromatic heterocycles. The molecule has 1 atom stereocenters. The fourth-order valence-corrected chi connectivity index (χ4v) is 4.35. The van der Waals surface area contributed by atoms with E-state index in [-0.39, 0.29) is 17.7 Å². The molecule has 3 heterocycles. The number of benzene rings is 1. The number of esters is 1. The molecule has 2 saturated heterocycles. The Kier molecular flexibility index (Phi) is 3.77. The topological polar surface area (TPSA) is 73.3 Å². The Bertz CT molecular complexity index is 714. The zero-order valence-corrected chi connectivity index (χ0v) is 14.2. The summed E-state index contributed by atoms with van der Waals surface area (Å²) in [6, 6.07) is 9.93. The van der Waals surface area contributed by atoms with E-state index in [1.165, 1.54) is 17.9 Å². The summed E-state index contributed by atoms with van der Waals surface area (Å²) in [6.07, 6.45) is 2.61. The van der Waals surface area contributed by atoms with E-state index >= 15 is 0 Å². The lowest BCUT2D eigenvalue weighted by Gasteiger charge is -2.43. The van der Waals surface area contributed by atoms with Crippen LogP contribution in [0.1, 0.15) is 31.4 Å². The predicted octanol–water partition coefficient (Wildman–Crippen LogP) is 2.80. The lowest BCUT2D eigenvalue weighted by molar-refractivity contribution is -0.161. The number of hydrogen-bond donors (Lipinski definition) is 1. The Morgan fingerprint density at radius 3 is 2.88 bits per heavy atom. The van der Waals surface area contributed by atoms with Crippen molar-refractivity contribution in [1.29, 1.82) is 0 Å². The first-order chi connectivity index (χ1) is 11.7. The highest BCUT2D eigenvalue weighted by Gasteiger charge is 2.72. The van der Waals surface area contributed by atoms with Crippen molar-refractivity contribution < 1.29 is 14.3 Å². The maximum atomic E-state index is 12.6. The van der Waals surface area contributed by atoms with Gasteiger partial charge in [-0.15, -0.1) is 0 Å². The number of fused-ring (bicyclic) bond motifs is 1. The standard InChI is InChI=1S/C17H19N3O3S/c1-2-22-14(21)17-8-16(9-17,10-18-15-19-11-20-24-15)23-13(17)12-6-4-3-5-7-12/h3-7,11,13H,2,8-10H2,1H3,(H,18,19,20). The first-order valence-electron chi connectivity index (χ1n) is 8.08. The van der Waals surface area contributed by atoms with Gasteiger partial charge in [0.05, 0.1) is 18.3 Å². The van der Waals surface area contributed by atoms with E-state index in [2.05, 4.69) is 14.7 Å². The molecule has 1 saturated carbocycles. The number of aromatic nitrogens is 2. The smallest absolute Gasteiger partial charge is 0.315 e. The SMILES string of the molecule is CCOC(=O)C12CC(CNc3ncns3)(C1)OC2c1ccccc1. The highest BCUT2D eigenvalue weighted by molar-refractivity contribution is 7.09.